The second-order valence-electron chi connectivity index (χ2n) is 7.29. The van der Waals surface area contributed by atoms with Crippen LogP contribution in [0, 0.1) is 5.41 Å². The van der Waals surface area contributed by atoms with Crippen LogP contribution >= 0.6 is 0 Å². The van der Waals surface area contributed by atoms with Crippen molar-refractivity contribution in [2.75, 3.05) is 13.2 Å². The van der Waals surface area contributed by atoms with Crippen LogP contribution in [0.4, 0.5) is 4.79 Å². The number of hydrogen-bond donors (Lipinski definition) is 2. The van der Waals surface area contributed by atoms with E-state index in [0.717, 1.165) is 24.4 Å². The number of ether oxygens (including phenoxy) is 2. The molecule has 0 saturated carbocycles. The minimum Gasteiger partial charge on any atom is -0.494 e. The molecular weight excluding hydrogens is 354 g/mol. The first kappa shape index (κ1) is 25.2. The van der Waals surface area contributed by atoms with Gasteiger partial charge in [0.1, 0.15) is 17.2 Å². The number of carbonyl (C=O) groups excluding carboxylic acids is 1. The average molecular weight is 390 g/mol. The molecule has 28 heavy (non-hydrogen) atoms. The van der Waals surface area contributed by atoms with Crippen molar-refractivity contribution >= 4 is 11.9 Å². The normalized spacial score (nSPS) is 12.1. The molecule has 0 aromatic heterocycles. The second-order valence-corrected chi connectivity index (χ2v) is 7.29. The molecule has 0 aliphatic carbocycles. The number of nitrogens with zero attached hydrogens (tertiary/aromatic N) is 1. The third kappa shape index (κ3) is 12.6. The smallest absolute Gasteiger partial charge is 0.413 e. The Kier molecular flexibility index (Phi) is 11.4. The Morgan fingerprint density at radius 1 is 1.18 bits per heavy atom. The third-order valence-electron chi connectivity index (χ3n) is 3.21. The lowest BCUT2D eigenvalue weighted by molar-refractivity contribution is 0.0563. The van der Waals surface area contributed by atoms with Crippen LogP contribution in [0.1, 0.15) is 48.0 Å². The van der Waals surface area contributed by atoms with Crippen molar-refractivity contribution in [1.82, 2.24) is 10.2 Å². The van der Waals surface area contributed by atoms with Crippen molar-refractivity contribution in [1.29, 1.82) is 5.41 Å². The molecule has 0 heterocycles. The van der Waals surface area contributed by atoms with Crippen LogP contribution in [0.25, 0.3) is 0 Å². The number of hydrogen-bond acceptors (Lipinski definition) is 5. The summed E-state index contributed by atoms with van der Waals surface area (Å²) in [6, 6.07) is 0. The standard InChI is InChI=1S/C22H35N3O3/c1-9-12-19(27-16-11-15-25(17(2)3)18(4)5)13-10-14-20(23)24-21(26)28-22(6,7)8/h9-10,12-14H,2,4,11,15-16H2,1,3,5-8H3,(H2,23,24,26)/b12-9-,14-10+,19-13+. The highest BCUT2D eigenvalue weighted by molar-refractivity contribution is 6.00. The molecule has 0 aromatic rings. The summed E-state index contributed by atoms with van der Waals surface area (Å²) in [5, 5.41) is 10.1. The summed E-state index contributed by atoms with van der Waals surface area (Å²) >= 11 is 0. The van der Waals surface area contributed by atoms with Gasteiger partial charge in [-0.05, 0) is 66.2 Å². The van der Waals surface area contributed by atoms with Crippen LogP contribution in [0.2, 0.25) is 0 Å². The molecule has 0 rings (SSSR count). The Balaban J connectivity index is 4.58. The fourth-order valence-electron chi connectivity index (χ4n) is 2.13. The van der Waals surface area contributed by atoms with Crippen molar-refractivity contribution in [2.24, 2.45) is 0 Å². The van der Waals surface area contributed by atoms with Crippen molar-refractivity contribution in [2.45, 2.75) is 53.6 Å². The highest BCUT2D eigenvalue weighted by atomic mass is 16.6. The molecule has 0 aliphatic heterocycles. The Hall–Kier alpha value is -2.76. The largest absolute Gasteiger partial charge is 0.494 e. The number of rotatable bonds is 10. The average Bonchev–Trinajstić information content (AvgIpc) is 2.51. The molecule has 0 spiro atoms. The van der Waals surface area contributed by atoms with E-state index in [-0.39, 0.29) is 5.84 Å². The maximum absolute atomic E-state index is 11.6. The molecule has 0 atom stereocenters. The van der Waals surface area contributed by atoms with Gasteiger partial charge in [0.05, 0.1) is 6.61 Å². The summed E-state index contributed by atoms with van der Waals surface area (Å²) in [5.74, 6) is 0.602. The van der Waals surface area contributed by atoms with Crippen LogP contribution < -0.4 is 5.32 Å². The second kappa shape index (κ2) is 12.6. The number of nitrogens with one attached hydrogen (secondary N) is 2. The monoisotopic (exact) mass is 389 g/mol. The molecule has 0 aliphatic rings. The van der Waals surface area contributed by atoms with Gasteiger partial charge < -0.3 is 14.4 Å². The summed E-state index contributed by atoms with van der Waals surface area (Å²) in [5.41, 5.74) is 1.30. The van der Waals surface area contributed by atoms with Gasteiger partial charge in [0, 0.05) is 17.9 Å². The minimum absolute atomic E-state index is 0.0658. The zero-order chi connectivity index (χ0) is 21.7. The molecule has 0 fully saturated rings. The highest BCUT2D eigenvalue weighted by Crippen LogP contribution is 2.10. The summed E-state index contributed by atoms with van der Waals surface area (Å²) in [7, 11) is 0. The van der Waals surface area contributed by atoms with Gasteiger partial charge >= 0.3 is 6.09 Å². The van der Waals surface area contributed by atoms with Crippen molar-refractivity contribution in [3.63, 3.8) is 0 Å². The van der Waals surface area contributed by atoms with Gasteiger partial charge in [-0.2, -0.15) is 0 Å². The molecule has 0 unspecified atom stereocenters. The molecule has 2 N–H and O–H groups in total. The molecule has 6 nitrogen and oxygen atoms in total. The topological polar surface area (TPSA) is 74.7 Å². The quantitative estimate of drug-likeness (QED) is 0.175. The van der Waals surface area contributed by atoms with Crippen LogP contribution in [-0.4, -0.2) is 35.6 Å². The molecule has 1 amide bonds. The van der Waals surface area contributed by atoms with Crippen molar-refractivity contribution in [3.8, 4) is 0 Å². The molecule has 0 bridgehead atoms. The van der Waals surface area contributed by atoms with Crippen LogP contribution in [0.3, 0.4) is 0 Å². The van der Waals surface area contributed by atoms with Crippen LogP contribution in [0.5, 0.6) is 0 Å². The lowest BCUT2D eigenvalue weighted by Gasteiger charge is -2.24. The number of amides is 1. The number of carbonyl (C=O) groups is 1. The lowest BCUT2D eigenvalue weighted by Crippen LogP contribution is -2.35. The zero-order valence-electron chi connectivity index (χ0n) is 18.1. The van der Waals surface area contributed by atoms with E-state index in [2.05, 4.69) is 18.5 Å². The Labute approximate surface area is 169 Å². The van der Waals surface area contributed by atoms with Gasteiger partial charge in [0.25, 0.3) is 0 Å². The summed E-state index contributed by atoms with van der Waals surface area (Å²) in [6.07, 6.45) is 8.71. The van der Waals surface area contributed by atoms with E-state index in [4.69, 9.17) is 14.9 Å². The molecule has 0 radical (unpaired) electrons. The number of alkyl carbamates (subject to hydrolysis) is 1. The maximum Gasteiger partial charge on any atom is 0.413 e. The van der Waals surface area contributed by atoms with E-state index in [1.165, 1.54) is 6.08 Å². The van der Waals surface area contributed by atoms with Crippen LogP contribution in [0.15, 0.2) is 60.7 Å². The molecular formula is C22H35N3O3. The zero-order valence-corrected chi connectivity index (χ0v) is 18.1. The number of allylic oxidation sites excluding steroid dienone is 6. The van der Waals surface area contributed by atoms with E-state index in [0.29, 0.717) is 12.4 Å². The first-order valence-electron chi connectivity index (χ1n) is 9.27. The Morgan fingerprint density at radius 3 is 2.29 bits per heavy atom. The fourth-order valence-corrected chi connectivity index (χ4v) is 2.13. The Morgan fingerprint density at radius 2 is 1.79 bits per heavy atom. The van der Waals surface area contributed by atoms with E-state index < -0.39 is 11.7 Å². The summed E-state index contributed by atoms with van der Waals surface area (Å²) < 4.78 is 10.9. The van der Waals surface area contributed by atoms with E-state index in [1.807, 2.05) is 37.8 Å². The van der Waals surface area contributed by atoms with Crippen LogP contribution in [-0.2, 0) is 9.47 Å². The third-order valence-corrected chi connectivity index (χ3v) is 3.21. The van der Waals surface area contributed by atoms with Gasteiger partial charge in [0.15, 0.2) is 0 Å². The molecule has 0 saturated heterocycles. The van der Waals surface area contributed by atoms with Gasteiger partial charge in [-0.15, -0.1) is 0 Å². The van der Waals surface area contributed by atoms with Gasteiger partial charge in [-0.1, -0.05) is 25.3 Å². The number of amidine groups is 1. The maximum atomic E-state index is 11.6. The first-order valence-corrected chi connectivity index (χ1v) is 9.27. The van der Waals surface area contributed by atoms with Gasteiger partial charge in [0.2, 0.25) is 0 Å². The lowest BCUT2D eigenvalue weighted by atomic mass is 10.2. The van der Waals surface area contributed by atoms with E-state index >= 15 is 0 Å². The highest BCUT2D eigenvalue weighted by Gasteiger charge is 2.16. The first-order chi connectivity index (χ1) is 13.0. The molecule has 0 aromatic carbocycles. The van der Waals surface area contributed by atoms with Gasteiger partial charge in [-0.3, -0.25) is 10.7 Å². The molecule has 156 valence electrons. The van der Waals surface area contributed by atoms with Crippen molar-refractivity contribution < 1.29 is 14.3 Å². The van der Waals surface area contributed by atoms with Crippen molar-refractivity contribution in [3.05, 3.63) is 60.7 Å². The summed E-state index contributed by atoms with van der Waals surface area (Å²) in [6.45, 7) is 20.3. The predicted molar refractivity (Wildman–Crippen MR) is 116 cm³/mol. The molecule has 6 heteroatoms. The minimum atomic E-state index is -0.657. The van der Waals surface area contributed by atoms with E-state index in [1.54, 1.807) is 32.9 Å². The SMILES string of the molecule is C=C(C)N(CCCOC(/C=C\C)=C/C=C/C(=N)NC(=O)OC(C)(C)C)C(=C)C. The van der Waals surface area contributed by atoms with Gasteiger partial charge in [-0.25, -0.2) is 4.79 Å². The Bertz CT molecular complexity index is 638. The predicted octanol–water partition coefficient (Wildman–Crippen LogP) is 5.28. The van der Waals surface area contributed by atoms with E-state index in [9.17, 15) is 4.79 Å². The fraction of sp³-hybridized carbons (Fsp3) is 0.455. The summed E-state index contributed by atoms with van der Waals surface area (Å²) in [4.78, 5) is 13.7.